The van der Waals surface area contributed by atoms with Crippen LogP contribution in [0.4, 0.5) is 0 Å². The predicted octanol–water partition coefficient (Wildman–Crippen LogP) is 3.36. The minimum atomic E-state index is 0.122. The number of rotatable bonds is 5. The highest BCUT2D eigenvalue weighted by Crippen LogP contribution is 2.41. The first-order chi connectivity index (χ1) is 9.60. The third-order valence-electron chi connectivity index (χ3n) is 3.57. The van der Waals surface area contributed by atoms with E-state index in [1.807, 2.05) is 18.0 Å². The smallest absolute Gasteiger partial charge is 0.0769 e. The van der Waals surface area contributed by atoms with E-state index < -0.39 is 0 Å². The van der Waals surface area contributed by atoms with E-state index in [-0.39, 0.29) is 6.04 Å². The SMILES string of the molecule is CCC1SCCSC1C(NN)c1c(Br)cnn1C(C)C. The predicted molar refractivity (Wildman–Crippen MR) is 93.2 cm³/mol. The Hall–Kier alpha value is 0.310. The standard InChI is InChI=1S/C13H23BrN4S2/c1-4-10-13(20-6-5-19-10)11(17-15)12-9(14)7-16-18(12)8(2)3/h7-8,10-11,13,17H,4-6,15H2,1-3H3. The lowest BCUT2D eigenvalue weighted by Gasteiger charge is -2.36. The first kappa shape index (κ1) is 16.7. The van der Waals surface area contributed by atoms with Crippen LogP contribution < -0.4 is 11.3 Å². The number of halogens is 1. The van der Waals surface area contributed by atoms with Crippen molar-refractivity contribution in [3.63, 3.8) is 0 Å². The van der Waals surface area contributed by atoms with Crippen LogP contribution >= 0.6 is 39.5 Å². The van der Waals surface area contributed by atoms with E-state index in [1.165, 1.54) is 23.6 Å². The lowest BCUT2D eigenvalue weighted by Crippen LogP contribution is -2.43. The molecule has 4 nitrogen and oxygen atoms in total. The summed E-state index contributed by atoms with van der Waals surface area (Å²) in [4.78, 5) is 0. The van der Waals surface area contributed by atoms with Crippen LogP contribution in [-0.2, 0) is 0 Å². The number of thioether (sulfide) groups is 2. The van der Waals surface area contributed by atoms with Crippen LogP contribution in [-0.4, -0.2) is 31.8 Å². The van der Waals surface area contributed by atoms with Crippen molar-refractivity contribution >= 4 is 39.5 Å². The van der Waals surface area contributed by atoms with Gasteiger partial charge >= 0.3 is 0 Å². The third-order valence-corrected chi connectivity index (χ3v) is 7.53. The molecule has 0 aliphatic carbocycles. The maximum atomic E-state index is 5.92. The van der Waals surface area contributed by atoms with Crippen LogP contribution in [0.3, 0.4) is 0 Å². The molecule has 1 aliphatic rings. The fourth-order valence-corrected chi connectivity index (χ4v) is 6.35. The maximum absolute atomic E-state index is 5.92. The van der Waals surface area contributed by atoms with Crippen LogP contribution in [0.5, 0.6) is 0 Å². The van der Waals surface area contributed by atoms with Gasteiger partial charge in [0.05, 0.1) is 22.4 Å². The number of hydrogen-bond acceptors (Lipinski definition) is 5. The zero-order chi connectivity index (χ0) is 14.7. The van der Waals surface area contributed by atoms with E-state index in [2.05, 4.69) is 63.7 Å². The van der Waals surface area contributed by atoms with Crippen molar-refractivity contribution in [1.29, 1.82) is 0 Å². The fraction of sp³-hybridized carbons (Fsp3) is 0.769. The molecule has 7 heteroatoms. The summed E-state index contributed by atoms with van der Waals surface area (Å²) >= 11 is 7.74. The summed E-state index contributed by atoms with van der Waals surface area (Å²) in [5, 5.41) is 5.61. The molecule has 3 atom stereocenters. The lowest BCUT2D eigenvalue weighted by molar-refractivity contribution is 0.433. The molecule has 114 valence electrons. The molecule has 0 bridgehead atoms. The van der Waals surface area contributed by atoms with E-state index in [1.54, 1.807) is 0 Å². The van der Waals surface area contributed by atoms with Crippen LogP contribution in [0, 0.1) is 0 Å². The van der Waals surface area contributed by atoms with Crippen molar-refractivity contribution in [2.75, 3.05) is 11.5 Å². The molecule has 1 fully saturated rings. The van der Waals surface area contributed by atoms with E-state index in [4.69, 9.17) is 5.84 Å². The number of hydrazine groups is 1. The van der Waals surface area contributed by atoms with Gasteiger partial charge in [0.15, 0.2) is 0 Å². The Morgan fingerprint density at radius 2 is 2.20 bits per heavy atom. The minimum Gasteiger partial charge on any atom is -0.271 e. The zero-order valence-corrected chi connectivity index (χ0v) is 15.4. The molecule has 3 N–H and O–H groups in total. The molecule has 1 saturated heterocycles. The number of nitrogens with zero attached hydrogens (tertiary/aromatic N) is 2. The summed E-state index contributed by atoms with van der Waals surface area (Å²) in [6, 6.07) is 0.450. The van der Waals surface area contributed by atoms with Crippen molar-refractivity contribution in [3.8, 4) is 0 Å². The molecular formula is C13H23BrN4S2. The zero-order valence-electron chi connectivity index (χ0n) is 12.2. The van der Waals surface area contributed by atoms with Gasteiger partial charge in [-0.15, -0.1) is 0 Å². The van der Waals surface area contributed by atoms with Gasteiger partial charge < -0.3 is 0 Å². The topological polar surface area (TPSA) is 55.9 Å². The molecule has 0 saturated carbocycles. The van der Waals surface area contributed by atoms with Crippen molar-refractivity contribution in [3.05, 3.63) is 16.4 Å². The number of hydrogen-bond donors (Lipinski definition) is 2. The quantitative estimate of drug-likeness (QED) is 0.607. The number of nitrogens with one attached hydrogen (secondary N) is 1. The Labute approximate surface area is 138 Å². The highest BCUT2D eigenvalue weighted by molar-refractivity contribution is 9.10. The van der Waals surface area contributed by atoms with Crippen LogP contribution in [0.15, 0.2) is 10.7 Å². The molecule has 2 heterocycles. The normalized spacial score (nSPS) is 25.1. The average Bonchev–Trinajstić information content (AvgIpc) is 2.83. The van der Waals surface area contributed by atoms with E-state index in [0.717, 1.165) is 4.47 Å². The van der Waals surface area contributed by atoms with Gasteiger partial charge in [-0.2, -0.15) is 28.6 Å². The highest BCUT2D eigenvalue weighted by Gasteiger charge is 2.35. The Bertz CT molecular complexity index is 438. The summed E-state index contributed by atoms with van der Waals surface area (Å²) in [5.41, 5.74) is 4.22. The molecule has 0 amide bonds. The minimum absolute atomic E-state index is 0.122. The lowest BCUT2D eigenvalue weighted by atomic mass is 10.1. The summed E-state index contributed by atoms with van der Waals surface area (Å²) in [7, 11) is 0. The van der Waals surface area contributed by atoms with Crippen LogP contribution in [0.1, 0.15) is 45.0 Å². The third kappa shape index (κ3) is 3.38. The van der Waals surface area contributed by atoms with Gasteiger partial charge in [0.2, 0.25) is 0 Å². The Morgan fingerprint density at radius 3 is 2.80 bits per heavy atom. The van der Waals surface area contributed by atoms with Crippen LogP contribution in [0.25, 0.3) is 0 Å². The van der Waals surface area contributed by atoms with Gasteiger partial charge in [-0.05, 0) is 36.2 Å². The van der Waals surface area contributed by atoms with Crippen molar-refractivity contribution < 1.29 is 0 Å². The van der Waals surface area contributed by atoms with Gasteiger partial charge in [-0.25, -0.2) is 0 Å². The molecule has 2 rings (SSSR count). The van der Waals surface area contributed by atoms with E-state index in [9.17, 15) is 0 Å². The Kier molecular flexibility index (Phi) is 6.28. The monoisotopic (exact) mass is 378 g/mol. The molecule has 20 heavy (non-hydrogen) atoms. The summed E-state index contributed by atoms with van der Waals surface area (Å²) in [5.74, 6) is 8.34. The first-order valence-corrected chi connectivity index (χ1v) is 9.91. The van der Waals surface area contributed by atoms with Gasteiger partial charge in [0.25, 0.3) is 0 Å². The molecule has 3 unspecified atom stereocenters. The Morgan fingerprint density at radius 1 is 1.50 bits per heavy atom. The van der Waals surface area contributed by atoms with Crippen molar-refractivity contribution in [1.82, 2.24) is 15.2 Å². The van der Waals surface area contributed by atoms with Gasteiger partial charge in [0, 0.05) is 28.0 Å². The molecule has 1 aromatic rings. The second kappa shape index (κ2) is 7.54. The fourth-order valence-electron chi connectivity index (χ4n) is 2.63. The number of nitrogens with two attached hydrogens (primary N) is 1. The average molecular weight is 379 g/mol. The molecule has 1 aromatic heterocycles. The largest absolute Gasteiger partial charge is 0.271 e. The summed E-state index contributed by atoms with van der Waals surface area (Å²) in [6.07, 6.45) is 3.05. The second-order valence-corrected chi connectivity index (χ2v) is 8.70. The van der Waals surface area contributed by atoms with Gasteiger partial charge in [0.1, 0.15) is 0 Å². The van der Waals surface area contributed by atoms with Crippen molar-refractivity contribution in [2.24, 2.45) is 5.84 Å². The van der Waals surface area contributed by atoms with Crippen LogP contribution in [0.2, 0.25) is 0 Å². The molecule has 0 spiro atoms. The maximum Gasteiger partial charge on any atom is 0.0769 e. The molecule has 0 radical (unpaired) electrons. The van der Waals surface area contributed by atoms with E-state index in [0.29, 0.717) is 16.5 Å². The van der Waals surface area contributed by atoms with Gasteiger partial charge in [-0.1, -0.05) is 6.92 Å². The number of aromatic nitrogens is 2. The van der Waals surface area contributed by atoms with Gasteiger partial charge in [-0.3, -0.25) is 16.0 Å². The molecule has 1 aliphatic heterocycles. The van der Waals surface area contributed by atoms with E-state index >= 15 is 0 Å². The van der Waals surface area contributed by atoms with Crippen molar-refractivity contribution in [2.45, 2.75) is 49.8 Å². The second-order valence-electron chi connectivity index (χ2n) is 5.21. The first-order valence-electron chi connectivity index (χ1n) is 7.02. The summed E-state index contributed by atoms with van der Waals surface area (Å²) < 4.78 is 3.11. The highest BCUT2D eigenvalue weighted by atomic mass is 79.9. The molecule has 0 aromatic carbocycles. The Balaban J connectivity index is 2.34. The molecular weight excluding hydrogens is 356 g/mol. The summed E-state index contributed by atoms with van der Waals surface area (Å²) in [6.45, 7) is 6.56.